The number of carboxylic acid groups (broad SMARTS) is 1. The van der Waals surface area contributed by atoms with E-state index in [-0.39, 0.29) is 24.1 Å². The Labute approximate surface area is 233 Å². The van der Waals surface area contributed by atoms with Crippen LogP contribution < -0.4 is 15.0 Å². The Morgan fingerprint density at radius 2 is 1.70 bits per heavy atom. The maximum atomic E-state index is 13.0. The number of carbonyl (C=O) groups excluding carboxylic acids is 1. The number of likely N-dealkylation sites (tertiary alicyclic amines) is 1. The molecule has 0 spiro atoms. The average molecular weight is 549 g/mol. The second-order valence-electron chi connectivity index (χ2n) is 10.7. The number of hydrogen-bond acceptors (Lipinski definition) is 6. The minimum absolute atomic E-state index is 0.0918. The lowest BCUT2D eigenvalue weighted by atomic mass is 10.0. The Morgan fingerprint density at radius 3 is 2.40 bits per heavy atom. The van der Waals surface area contributed by atoms with E-state index in [0.29, 0.717) is 56.2 Å². The molecule has 0 atom stereocenters. The lowest BCUT2D eigenvalue weighted by Crippen LogP contribution is -2.47. The van der Waals surface area contributed by atoms with Crippen LogP contribution in [0.25, 0.3) is 10.9 Å². The molecule has 10 heteroatoms. The molecule has 0 aliphatic carbocycles. The van der Waals surface area contributed by atoms with Gasteiger partial charge in [0.15, 0.2) is 11.5 Å². The Kier molecular flexibility index (Phi) is 7.97. The van der Waals surface area contributed by atoms with Gasteiger partial charge >= 0.3 is 6.09 Å². The van der Waals surface area contributed by atoms with E-state index in [9.17, 15) is 19.5 Å². The first-order valence-corrected chi connectivity index (χ1v) is 13.7. The zero-order chi connectivity index (χ0) is 28.4. The smallest absolute Gasteiger partial charge is 0.407 e. The third-order valence-corrected chi connectivity index (χ3v) is 7.82. The van der Waals surface area contributed by atoms with Gasteiger partial charge in [0.1, 0.15) is 13.2 Å². The molecular formula is C30H36N4O6. The van der Waals surface area contributed by atoms with Gasteiger partial charge in [0, 0.05) is 69.9 Å². The van der Waals surface area contributed by atoms with E-state index in [1.54, 1.807) is 36.9 Å². The lowest BCUT2D eigenvalue weighted by Gasteiger charge is -2.37. The number of pyridine rings is 1. The second-order valence-corrected chi connectivity index (χ2v) is 10.7. The van der Waals surface area contributed by atoms with Crippen LogP contribution in [0.5, 0.6) is 11.5 Å². The Hall–Kier alpha value is -4.05. The van der Waals surface area contributed by atoms with Gasteiger partial charge in [-0.2, -0.15) is 0 Å². The molecule has 0 unspecified atom stereocenters. The van der Waals surface area contributed by atoms with Gasteiger partial charge in [-0.1, -0.05) is 12.1 Å². The van der Waals surface area contributed by atoms with Gasteiger partial charge in [-0.25, -0.2) is 4.79 Å². The number of hydrogen-bond donors (Lipinski definition) is 1. The van der Waals surface area contributed by atoms with Gasteiger partial charge in [0.2, 0.25) is 0 Å². The summed E-state index contributed by atoms with van der Waals surface area (Å²) >= 11 is 0. The maximum Gasteiger partial charge on any atom is 0.407 e. The summed E-state index contributed by atoms with van der Waals surface area (Å²) in [4.78, 5) is 43.0. The molecule has 0 saturated carbocycles. The van der Waals surface area contributed by atoms with E-state index in [1.165, 1.54) is 9.80 Å². The topological polar surface area (TPSA) is 105 Å². The van der Waals surface area contributed by atoms with E-state index >= 15 is 0 Å². The summed E-state index contributed by atoms with van der Waals surface area (Å²) in [5, 5.41) is 10.9. The Bertz CT molecular complexity index is 1480. The monoisotopic (exact) mass is 548 g/mol. The largest absolute Gasteiger partial charge is 0.486 e. The van der Waals surface area contributed by atoms with Crippen molar-refractivity contribution in [3.05, 3.63) is 69.5 Å². The molecule has 3 heterocycles. The number of piperidine rings is 1. The fourth-order valence-corrected chi connectivity index (χ4v) is 5.60. The molecule has 1 fully saturated rings. The van der Waals surface area contributed by atoms with Crippen molar-refractivity contribution in [3.8, 4) is 11.5 Å². The predicted molar refractivity (Wildman–Crippen MR) is 151 cm³/mol. The number of aromatic nitrogens is 1. The number of fused-ring (bicyclic) bond motifs is 2. The van der Waals surface area contributed by atoms with E-state index in [0.717, 1.165) is 35.1 Å². The van der Waals surface area contributed by atoms with Crippen LogP contribution in [-0.2, 0) is 13.1 Å². The third-order valence-electron chi connectivity index (χ3n) is 7.82. The number of rotatable bonds is 7. The van der Waals surface area contributed by atoms with Crippen molar-refractivity contribution in [2.45, 2.75) is 38.9 Å². The number of benzene rings is 2. The molecule has 5 rings (SSSR count). The third kappa shape index (κ3) is 5.77. The van der Waals surface area contributed by atoms with Crippen molar-refractivity contribution < 1.29 is 24.2 Å². The molecule has 1 saturated heterocycles. The van der Waals surface area contributed by atoms with Gasteiger partial charge in [-0.15, -0.1) is 0 Å². The Balaban J connectivity index is 1.24. The van der Waals surface area contributed by atoms with Gasteiger partial charge in [-0.05, 0) is 55.2 Å². The molecule has 40 heavy (non-hydrogen) atoms. The van der Waals surface area contributed by atoms with Crippen LogP contribution in [0.4, 0.5) is 4.79 Å². The van der Waals surface area contributed by atoms with E-state index in [1.807, 2.05) is 31.2 Å². The van der Waals surface area contributed by atoms with E-state index in [2.05, 4.69) is 4.90 Å². The fraction of sp³-hybridized carbons (Fsp3) is 0.433. The fourth-order valence-electron chi connectivity index (χ4n) is 5.60. The molecule has 2 amide bonds. The van der Waals surface area contributed by atoms with Crippen molar-refractivity contribution in [1.82, 2.24) is 19.3 Å². The summed E-state index contributed by atoms with van der Waals surface area (Å²) in [7, 11) is 3.42. The first-order chi connectivity index (χ1) is 19.2. The molecule has 0 radical (unpaired) electrons. The zero-order valence-corrected chi connectivity index (χ0v) is 23.3. The first kappa shape index (κ1) is 27.5. The van der Waals surface area contributed by atoms with Crippen molar-refractivity contribution in [1.29, 1.82) is 0 Å². The van der Waals surface area contributed by atoms with Gasteiger partial charge < -0.3 is 33.8 Å². The molecule has 1 N–H and O–H groups in total. The maximum absolute atomic E-state index is 13.0. The SMILES string of the molecule is Cc1cc(=O)n(CCN2CCC(N(Cc3ccc4c(c3)OCCO4)C(=O)O)CC2)c2cc(C(=O)N(C)C)ccc12. The highest BCUT2D eigenvalue weighted by molar-refractivity contribution is 5.98. The van der Waals surface area contributed by atoms with Crippen molar-refractivity contribution >= 4 is 22.9 Å². The molecule has 2 aliphatic heterocycles. The van der Waals surface area contributed by atoms with Crippen LogP contribution >= 0.6 is 0 Å². The van der Waals surface area contributed by atoms with Gasteiger partial charge in [-0.3, -0.25) is 9.59 Å². The molecule has 0 bridgehead atoms. The minimum Gasteiger partial charge on any atom is -0.486 e. The van der Waals surface area contributed by atoms with Crippen LogP contribution in [0.3, 0.4) is 0 Å². The Morgan fingerprint density at radius 1 is 0.975 bits per heavy atom. The van der Waals surface area contributed by atoms with Crippen molar-refractivity contribution in [2.75, 3.05) is 46.9 Å². The van der Waals surface area contributed by atoms with Gasteiger partial charge in [0.25, 0.3) is 11.5 Å². The summed E-state index contributed by atoms with van der Waals surface area (Å²) in [6, 6.07) is 12.7. The molecule has 2 aromatic carbocycles. The van der Waals surface area contributed by atoms with Crippen molar-refractivity contribution in [2.24, 2.45) is 0 Å². The van der Waals surface area contributed by atoms with Crippen LogP contribution in [0.1, 0.15) is 34.3 Å². The summed E-state index contributed by atoms with van der Waals surface area (Å²) in [5.41, 5.74) is 2.96. The standard InChI is InChI=1S/C30H36N4O6/c1-20-16-28(35)33(25-18-22(5-6-24(20)25)29(36)31(2)3)13-12-32-10-8-23(9-11-32)34(30(37)38)19-21-4-7-26-27(17-21)40-15-14-39-26/h4-7,16-18,23H,8-15,19H2,1-3H3,(H,37,38). The normalized spacial score (nSPS) is 15.7. The summed E-state index contributed by atoms with van der Waals surface area (Å²) in [5.74, 6) is 1.23. The van der Waals surface area contributed by atoms with E-state index < -0.39 is 6.09 Å². The molecule has 1 aromatic heterocycles. The lowest BCUT2D eigenvalue weighted by molar-refractivity contribution is 0.0826. The number of amides is 2. The number of ether oxygens (including phenoxy) is 2. The summed E-state index contributed by atoms with van der Waals surface area (Å²) in [6.45, 7) is 5.80. The van der Waals surface area contributed by atoms with Crippen LogP contribution in [-0.4, -0.2) is 89.4 Å². The highest BCUT2D eigenvalue weighted by atomic mass is 16.6. The highest BCUT2D eigenvalue weighted by Crippen LogP contribution is 2.32. The minimum atomic E-state index is -0.936. The number of aryl methyl sites for hydroxylation is 1. The summed E-state index contributed by atoms with van der Waals surface area (Å²) in [6.07, 6.45) is 0.484. The summed E-state index contributed by atoms with van der Waals surface area (Å²) < 4.78 is 13.0. The number of nitrogens with zero attached hydrogens (tertiary/aromatic N) is 4. The van der Waals surface area contributed by atoms with Crippen molar-refractivity contribution in [3.63, 3.8) is 0 Å². The van der Waals surface area contributed by atoms with Gasteiger partial charge in [0.05, 0.1) is 5.52 Å². The second kappa shape index (κ2) is 11.6. The van der Waals surface area contributed by atoms with Crippen LogP contribution in [0, 0.1) is 6.92 Å². The average Bonchev–Trinajstić information content (AvgIpc) is 2.95. The number of carbonyl (C=O) groups is 2. The van der Waals surface area contributed by atoms with Crippen LogP contribution in [0.2, 0.25) is 0 Å². The molecular weight excluding hydrogens is 512 g/mol. The molecule has 2 aliphatic rings. The molecule has 10 nitrogen and oxygen atoms in total. The first-order valence-electron chi connectivity index (χ1n) is 13.7. The van der Waals surface area contributed by atoms with E-state index in [4.69, 9.17) is 9.47 Å². The predicted octanol–water partition coefficient (Wildman–Crippen LogP) is 3.43. The van der Waals surface area contributed by atoms with Crippen LogP contribution in [0.15, 0.2) is 47.3 Å². The zero-order valence-electron chi connectivity index (χ0n) is 23.3. The molecule has 212 valence electrons. The highest BCUT2D eigenvalue weighted by Gasteiger charge is 2.28. The quantitative estimate of drug-likeness (QED) is 0.482. The molecule has 3 aromatic rings.